The van der Waals surface area contributed by atoms with Crippen LogP contribution in [0.1, 0.15) is 11.1 Å². The molecule has 10 heteroatoms. The number of hydrogen-bond acceptors (Lipinski definition) is 7. The number of imide groups is 1. The van der Waals surface area contributed by atoms with E-state index in [4.69, 9.17) is 14.2 Å². The lowest BCUT2D eigenvalue weighted by Crippen LogP contribution is -2.36. The van der Waals surface area contributed by atoms with Crippen molar-refractivity contribution in [3.63, 3.8) is 0 Å². The van der Waals surface area contributed by atoms with Gasteiger partial charge in [-0.15, -0.1) is 0 Å². The molecule has 37 heavy (non-hydrogen) atoms. The Morgan fingerprint density at radius 3 is 2.59 bits per heavy atom. The number of nitrogens with one attached hydrogen (secondary N) is 1. The zero-order valence-corrected chi connectivity index (χ0v) is 21.8. The van der Waals surface area contributed by atoms with Gasteiger partial charge in [0.05, 0.1) is 9.38 Å². The molecule has 0 aromatic heterocycles. The quantitative estimate of drug-likeness (QED) is 0.370. The van der Waals surface area contributed by atoms with Crippen molar-refractivity contribution in [2.45, 2.75) is 6.61 Å². The molecule has 0 radical (unpaired) electrons. The molecule has 0 aliphatic carbocycles. The molecule has 2 heterocycles. The van der Waals surface area contributed by atoms with Gasteiger partial charge in [0, 0.05) is 11.8 Å². The number of nitrogens with zero attached hydrogens (tertiary/aromatic N) is 1. The van der Waals surface area contributed by atoms with E-state index in [-0.39, 0.29) is 4.91 Å². The van der Waals surface area contributed by atoms with E-state index in [1.165, 1.54) is 0 Å². The maximum absolute atomic E-state index is 12.9. The van der Waals surface area contributed by atoms with Crippen molar-refractivity contribution < 1.29 is 28.6 Å². The van der Waals surface area contributed by atoms with Crippen LogP contribution in [0.25, 0.3) is 6.08 Å². The molecule has 3 aromatic carbocycles. The largest absolute Gasteiger partial charge is 0.488 e. The molecule has 0 unspecified atom stereocenters. The van der Waals surface area contributed by atoms with Crippen LogP contribution in [0.15, 0.2) is 76.1 Å². The summed E-state index contributed by atoms with van der Waals surface area (Å²) < 4.78 is 17.6. The Balaban J connectivity index is 1.21. The predicted octanol–water partition coefficient (Wildman–Crippen LogP) is 5.47. The fraction of sp³-hybridized carbons (Fsp3) is 0.148. The maximum Gasteiger partial charge on any atom is 0.294 e. The molecule has 188 valence electrons. The van der Waals surface area contributed by atoms with Gasteiger partial charge in [0.25, 0.3) is 11.1 Å². The van der Waals surface area contributed by atoms with Gasteiger partial charge in [-0.2, -0.15) is 0 Å². The van der Waals surface area contributed by atoms with E-state index >= 15 is 0 Å². The van der Waals surface area contributed by atoms with Crippen molar-refractivity contribution in [3.05, 3.63) is 87.2 Å². The van der Waals surface area contributed by atoms with E-state index in [0.29, 0.717) is 48.3 Å². The number of anilines is 1. The number of ether oxygens (including phenoxy) is 3. The van der Waals surface area contributed by atoms with E-state index < -0.39 is 23.6 Å². The van der Waals surface area contributed by atoms with Crippen molar-refractivity contribution >= 4 is 56.5 Å². The number of hydrogen-bond donors (Lipinski definition) is 1. The Labute approximate surface area is 225 Å². The van der Waals surface area contributed by atoms with Gasteiger partial charge in [0.15, 0.2) is 11.5 Å². The van der Waals surface area contributed by atoms with Crippen molar-refractivity contribution in [1.29, 1.82) is 0 Å². The van der Waals surface area contributed by atoms with Crippen LogP contribution in [0.5, 0.6) is 17.2 Å². The Morgan fingerprint density at radius 2 is 1.81 bits per heavy atom. The van der Waals surface area contributed by atoms with Crippen LogP contribution >= 0.6 is 27.7 Å². The molecule has 5 rings (SSSR count). The summed E-state index contributed by atoms with van der Waals surface area (Å²) in [7, 11) is 0. The van der Waals surface area contributed by atoms with Gasteiger partial charge in [0.2, 0.25) is 5.91 Å². The molecule has 1 N–H and O–H groups in total. The number of carbonyl (C=O) groups is 3. The standard InChI is InChI=1S/C27H21BrN2O6S/c28-20-12-18(6-8-21(20)36-16-17-4-2-1-3-5-17)13-24-26(32)30(27(33)37-24)15-25(31)29-19-7-9-22-23(14-19)35-11-10-34-22/h1-9,12-14H,10-11,15-16H2,(H,29,31)/b24-13+. The second kappa shape index (κ2) is 11.1. The highest BCUT2D eigenvalue weighted by molar-refractivity contribution is 9.10. The molecule has 1 saturated heterocycles. The van der Waals surface area contributed by atoms with Gasteiger partial charge in [-0.1, -0.05) is 36.4 Å². The van der Waals surface area contributed by atoms with E-state index in [2.05, 4.69) is 21.2 Å². The first-order valence-electron chi connectivity index (χ1n) is 11.4. The number of thioether (sulfide) groups is 1. The monoisotopic (exact) mass is 580 g/mol. The van der Waals surface area contributed by atoms with Crippen LogP contribution in [0, 0.1) is 0 Å². The lowest BCUT2D eigenvalue weighted by atomic mass is 10.2. The number of carbonyl (C=O) groups excluding carboxylic acids is 3. The van der Waals surface area contributed by atoms with Crippen LogP contribution < -0.4 is 19.5 Å². The minimum absolute atomic E-state index is 0.238. The fourth-order valence-electron chi connectivity index (χ4n) is 3.71. The highest BCUT2D eigenvalue weighted by Crippen LogP contribution is 2.35. The molecule has 3 amide bonds. The SMILES string of the molecule is O=C(CN1C(=O)S/C(=C/c2ccc(OCc3ccccc3)c(Br)c2)C1=O)Nc1ccc2c(c1)OCCO2. The summed E-state index contributed by atoms with van der Waals surface area (Å²) >= 11 is 4.30. The van der Waals surface area contributed by atoms with E-state index in [1.54, 1.807) is 36.4 Å². The Bertz CT molecular complexity index is 1390. The molecule has 0 bridgehead atoms. The minimum Gasteiger partial charge on any atom is -0.488 e. The molecule has 0 atom stereocenters. The zero-order chi connectivity index (χ0) is 25.8. The van der Waals surface area contributed by atoms with E-state index in [0.717, 1.165) is 26.7 Å². The second-order valence-corrected chi connectivity index (χ2v) is 9.99. The normalized spacial score (nSPS) is 15.7. The molecule has 3 aromatic rings. The van der Waals surface area contributed by atoms with Crippen LogP contribution in [0.3, 0.4) is 0 Å². The lowest BCUT2D eigenvalue weighted by Gasteiger charge is -2.19. The first-order chi connectivity index (χ1) is 18.0. The first kappa shape index (κ1) is 24.9. The first-order valence-corrected chi connectivity index (χ1v) is 13.0. The summed E-state index contributed by atoms with van der Waals surface area (Å²) in [5.74, 6) is 0.768. The average Bonchev–Trinajstić information content (AvgIpc) is 3.16. The summed E-state index contributed by atoms with van der Waals surface area (Å²) in [5, 5.41) is 2.19. The Hall–Kier alpha value is -3.76. The number of rotatable bonds is 7. The summed E-state index contributed by atoms with van der Waals surface area (Å²) in [6.45, 7) is 0.917. The molecular weight excluding hydrogens is 560 g/mol. The summed E-state index contributed by atoms with van der Waals surface area (Å²) in [6.07, 6.45) is 1.62. The smallest absolute Gasteiger partial charge is 0.294 e. The summed E-state index contributed by atoms with van der Waals surface area (Å²) in [4.78, 5) is 39.1. The van der Waals surface area contributed by atoms with Gasteiger partial charge in [-0.25, -0.2) is 0 Å². The van der Waals surface area contributed by atoms with Gasteiger partial charge in [0.1, 0.15) is 32.1 Å². The van der Waals surface area contributed by atoms with Crippen LogP contribution in [0.2, 0.25) is 0 Å². The van der Waals surface area contributed by atoms with E-state index in [1.807, 2.05) is 36.4 Å². The molecule has 1 fully saturated rings. The van der Waals surface area contributed by atoms with Crippen molar-refractivity contribution in [2.24, 2.45) is 0 Å². The number of benzene rings is 3. The molecular formula is C27H21BrN2O6S. The number of amides is 3. The molecule has 0 spiro atoms. The fourth-order valence-corrected chi connectivity index (χ4v) is 5.06. The highest BCUT2D eigenvalue weighted by atomic mass is 79.9. The predicted molar refractivity (Wildman–Crippen MR) is 144 cm³/mol. The molecule has 2 aliphatic heterocycles. The minimum atomic E-state index is -0.521. The summed E-state index contributed by atoms with van der Waals surface area (Å²) in [6, 6.07) is 20.2. The van der Waals surface area contributed by atoms with Gasteiger partial charge in [-0.3, -0.25) is 19.3 Å². The van der Waals surface area contributed by atoms with Crippen LogP contribution in [0.4, 0.5) is 10.5 Å². The Kier molecular flexibility index (Phi) is 7.47. The van der Waals surface area contributed by atoms with Gasteiger partial charge in [-0.05, 0) is 69.2 Å². The third kappa shape index (κ3) is 5.98. The maximum atomic E-state index is 12.9. The zero-order valence-electron chi connectivity index (χ0n) is 19.4. The number of halogens is 1. The van der Waals surface area contributed by atoms with Gasteiger partial charge >= 0.3 is 0 Å². The number of fused-ring (bicyclic) bond motifs is 1. The van der Waals surface area contributed by atoms with Crippen molar-refractivity contribution in [3.8, 4) is 17.2 Å². The third-order valence-corrected chi connectivity index (χ3v) is 7.02. The van der Waals surface area contributed by atoms with Crippen molar-refractivity contribution in [2.75, 3.05) is 25.1 Å². The lowest BCUT2D eigenvalue weighted by molar-refractivity contribution is -0.127. The molecule has 0 saturated carbocycles. The second-order valence-electron chi connectivity index (χ2n) is 8.14. The van der Waals surface area contributed by atoms with Crippen LogP contribution in [-0.4, -0.2) is 41.7 Å². The van der Waals surface area contributed by atoms with Gasteiger partial charge < -0.3 is 19.5 Å². The van der Waals surface area contributed by atoms with E-state index in [9.17, 15) is 14.4 Å². The van der Waals surface area contributed by atoms with Crippen LogP contribution in [-0.2, 0) is 16.2 Å². The highest BCUT2D eigenvalue weighted by Gasteiger charge is 2.36. The third-order valence-electron chi connectivity index (χ3n) is 5.49. The van der Waals surface area contributed by atoms with Crippen molar-refractivity contribution in [1.82, 2.24) is 4.90 Å². The average molecular weight is 581 g/mol. The summed E-state index contributed by atoms with van der Waals surface area (Å²) in [5.41, 5.74) is 2.24. The molecule has 8 nitrogen and oxygen atoms in total. The topological polar surface area (TPSA) is 94.2 Å². The molecule has 2 aliphatic rings. The Morgan fingerprint density at radius 1 is 1.03 bits per heavy atom.